The summed E-state index contributed by atoms with van der Waals surface area (Å²) in [5, 5.41) is 7.49. The number of esters is 1. The van der Waals surface area contributed by atoms with Crippen molar-refractivity contribution < 1.29 is 14.3 Å². The Labute approximate surface area is 166 Å². The quantitative estimate of drug-likeness (QED) is 0.662. The summed E-state index contributed by atoms with van der Waals surface area (Å²) in [6.45, 7) is 4.24. The third-order valence-corrected chi connectivity index (χ3v) is 6.14. The fraction of sp³-hybridized carbons (Fsp3) is 0.421. The predicted octanol–water partition coefficient (Wildman–Crippen LogP) is 3.13. The summed E-state index contributed by atoms with van der Waals surface area (Å²) < 4.78 is 6.69. The van der Waals surface area contributed by atoms with Gasteiger partial charge < -0.3 is 10.1 Å². The average Bonchev–Trinajstić information content (AvgIpc) is 3.28. The zero-order chi connectivity index (χ0) is 19.7. The van der Waals surface area contributed by atoms with E-state index in [-0.39, 0.29) is 12.4 Å². The van der Waals surface area contributed by atoms with Gasteiger partial charge in [0, 0.05) is 17.3 Å². The number of nitrogens with zero attached hydrogens (tertiary/aromatic N) is 4. The Morgan fingerprint density at radius 2 is 2.25 bits per heavy atom. The van der Waals surface area contributed by atoms with E-state index >= 15 is 0 Å². The highest BCUT2D eigenvalue weighted by molar-refractivity contribution is 7.17. The van der Waals surface area contributed by atoms with Crippen molar-refractivity contribution in [1.82, 2.24) is 19.6 Å². The van der Waals surface area contributed by atoms with Crippen molar-refractivity contribution in [3.63, 3.8) is 0 Å². The molecule has 0 saturated heterocycles. The first-order chi connectivity index (χ1) is 13.6. The van der Waals surface area contributed by atoms with E-state index in [1.54, 1.807) is 25.4 Å². The fourth-order valence-electron chi connectivity index (χ4n) is 3.50. The number of hydrogen-bond donors (Lipinski definition) is 1. The number of amides is 1. The van der Waals surface area contributed by atoms with Gasteiger partial charge in [-0.3, -0.25) is 4.79 Å². The number of carbonyl (C=O) groups excluding carboxylic acids is 2. The van der Waals surface area contributed by atoms with Crippen LogP contribution in [-0.2, 0) is 17.6 Å². The minimum Gasteiger partial charge on any atom is -0.462 e. The lowest BCUT2D eigenvalue weighted by Crippen LogP contribution is -2.18. The van der Waals surface area contributed by atoms with Crippen LogP contribution in [0.3, 0.4) is 0 Å². The molecule has 8 nitrogen and oxygen atoms in total. The van der Waals surface area contributed by atoms with E-state index in [1.807, 2.05) is 0 Å². The van der Waals surface area contributed by atoms with Gasteiger partial charge in [0.05, 0.1) is 12.2 Å². The van der Waals surface area contributed by atoms with E-state index in [4.69, 9.17) is 4.74 Å². The number of anilines is 1. The first-order valence-electron chi connectivity index (χ1n) is 9.41. The molecule has 0 aliphatic heterocycles. The second-order valence-electron chi connectivity index (χ2n) is 6.70. The smallest absolute Gasteiger partial charge is 0.341 e. The summed E-state index contributed by atoms with van der Waals surface area (Å²) in [6.07, 6.45) is 7.15. The molecular weight excluding hydrogens is 378 g/mol. The van der Waals surface area contributed by atoms with Gasteiger partial charge in [0.15, 0.2) is 0 Å². The lowest BCUT2D eigenvalue weighted by Gasteiger charge is -2.20. The third kappa shape index (κ3) is 3.37. The van der Waals surface area contributed by atoms with Gasteiger partial charge in [-0.15, -0.1) is 16.4 Å². The second kappa shape index (κ2) is 7.67. The summed E-state index contributed by atoms with van der Waals surface area (Å²) >= 11 is 1.45. The Hall–Kier alpha value is -2.81. The van der Waals surface area contributed by atoms with Crippen LogP contribution in [0.25, 0.3) is 5.78 Å². The molecule has 28 heavy (non-hydrogen) atoms. The molecule has 0 unspecified atom stereocenters. The van der Waals surface area contributed by atoms with Crippen LogP contribution in [-0.4, -0.2) is 38.1 Å². The van der Waals surface area contributed by atoms with Gasteiger partial charge in [-0.25, -0.2) is 14.3 Å². The van der Waals surface area contributed by atoms with Crippen molar-refractivity contribution in [2.75, 3.05) is 11.9 Å². The SMILES string of the molecule is CCOC(=O)c1c(NC(=O)c2nc3ncccn3n2)sc2c1CC[C@@H](CC)C2. The van der Waals surface area contributed by atoms with Gasteiger partial charge >= 0.3 is 5.97 Å². The van der Waals surface area contributed by atoms with Crippen molar-refractivity contribution in [2.45, 2.75) is 39.5 Å². The van der Waals surface area contributed by atoms with Gasteiger partial charge in [0.2, 0.25) is 5.82 Å². The summed E-state index contributed by atoms with van der Waals surface area (Å²) in [5.74, 6) is 0.0910. The third-order valence-electron chi connectivity index (χ3n) is 4.97. The van der Waals surface area contributed by atoms with Crippen molar-refractivity contribution in [2.24, 2.45) is 5.92 Å². The molecule has 1 N–H and O–H groups in total. The van der Waals surface area contributed by atoms with Crippen LogP contribution in [0.1, 0.15) is 58.1 Å². The number of carbonyl (C=O) groups is 2. The molecule has 9 heteroatoms. The lowest BCUT2D eigenvalue weighted by atomic mass is 9.85. The second-order valence-corrected chi connectivity index (χ2v) is 7.80. The van der Waals surface area contributed by atoms with Crippen LogP contribution < -0.4 is 5.32 Å². The summed E-state index contributed by atoms with van der Waals surface area (Å²) in [6, 6.07) is 1.71. The van der Waals surface area contributed by atoms with Crippen LogP contribution in [0.5, 0.6) is 0 Å². The average molecular weight is 399 g/mol. The van der Waals surface area contributed by atoms with Crippen LogP contribution in [0.2, 0.25) is 0 Å². The maximum absolute atomic E-state index is 12.7. The topological polar surface area (TPSA) is 98.5 Å². The molecule has 0 aromatic carbocycles. The van der Waals surface area contributed by atoms with Crippen molar-refractivity contribution in [3.8, 4) is 0 Å². The summed E-state index contributed by atoms with van der Waals surface area (Å²) in [7, 11) is 0. The van der Waals surface area contributed by atoms with Crippen molar-refractivity contribution in [3.05, 3.63) is 40.3 Å². The fourth-order valence-corrected chi connectivity index (χ4v) is 4.84. The number of fused-ring (bicyclic) bond motifs is 2. The predicted molar refractivity (Wildman–Crippen MR) is 105 cm³/mol. The Bertz CT molecular complexity index is 1010. The van der Waals surface area contributed by atoms with E-state index in [9.17, 15) is 9.59 Å². The molecule has 0 spiro atoms. The molecule has 3 aromatic rings. The number of ether oxygens (including phenoxy) is 1. The first kappa shape index (κ1) is 18.5. The molecule has 146 valence electrons. The normalized spacial score (nSPS) is 16.0. The molecule has 1 aliphatic carbocycles. The molecule has 3 heterocycles. The van der Waals surface area contributed by atoms with Crippen LogP contribution >= 0.6 is 11.3 Å². The number of nitrogens with one attached hydrogen (secondary N) is 1. The molecule has 0 saturated carbocycles. The van der Waals surface area contributed by atoms with Crippen LogP contribution in [0, 0.1) is 5.92 Å². The molecule has 1 amide bonds. The van der Waals surface area contributed by atoms with E-state index in [2.05, 4.69) is 27.3 Å². The minimum absolute atomic E-state index is 0.00585. The molecule has 3 aromatic heterocycles. The zero-order valence-corrected chi connectivity index (χ0v) is 16.6. The molecular formula is C19H21N5O3S. The summed E-state index contributed by atoms with van der Waals surface area (Å²) in [5.41, 5.74) is 1.49. The molecule has 1 atom stereocenters. The van der Waals surface area contributed by atoms with Crippen LogP contribution in [0.15, 0.2) is 18.5 Å². The molecule has 0 bridgehead atoms. The number of hydrogen-bond acceptors (Lipinski definition) is 7. The maximum atomic E-state index is 12.7. The van der Waals surface area contributed by atoms with E-state index in [0.29, 0.717) is 22.3 Å². The largest absolute Gasteiger partial charge is 0.462 e. The molecule has 0 fully saturated rings. The first-order valence-corrected chi connectivity index (χ1v) is 10.2. The number of rotatable bonds is 5. The highest BCUT2D eigenvalue weighted by Crippen LogP contribution is 2.40. The van der Waals surface area contributed by atoms with Gasteiger partial charge in [0.1, 0.15) is 5.00 Å². The highest BCUT2D eigenvalue weighted by Gasteiger charge is 2.30. The monoisotopic (exact) mass is 399 g/mol. The van der Waals surface area contributed by atoms with Crippen molar-refractivity contribution in [1.29, 1.82) is 0 Å². The Morgan fingerprint density at radius 1 is 1.39 bits per heavy atom. The van der Waals surface area contributed by atoms with Gasteiger partial charge in [0.25, 0.3) is 11.7 Å². The van der Waals surface area contributed by atoms with Crippen LogP contribution in [0.4, 0.5) is 5.00 Å². The zero-order valence-electron chi connectivity index (χ0n) is 15.8. The van der Waals surface area contributed by atoms with E-state index < -0.39 is 11.9 Å². The molecule has 1 aliphatic rings. The summed E-state index contributed by atoms with van der Waals surface area (Å²) in [4.78, 5) is 34.7. The number of thiophene rings is 1. The Balaban J connectivity index is 1.67. The van der Waals surface area contributed by atoms with E-state index in [1.165, 1.54) is 15.9 Å². The highest BCUT2D eigenvalue weighted by atomic mass is 32.1. The lowest BCUT2D eigenvalue weighted by molar-refractivity contribution is 0.0526. The van der Waals surface area contributed by atoms with E-state index in [0.717, 1.165) is 36.1 Å². The Kier molecular flexibility index (Phi) is 5.08. The maximum Gasteiger partial charge on any atom is 0.341 e. The molecule has 4 rings (SSSR count). The van der Waals surface area contributed by atoms with Gasteiger partial charge in [-0.1, -0.05) is 13.3 Å². The standard InChI is InChI=1S/C19H21N5O3S/c1-3-11-6-7-12-13(10-11)28-17(14(12)18(26)27-4-2)22-16(25)15-21-19-20-8-5-9-24(19)23-15/h5,8-9,11H,3-4,6-7,10H2,1-2H3,(H,22,25)/t11-/m1/s1. The molecule has 0 radical (unpaired) electrons. The van der Waals surface area contributed by atoms with Gasteiger partial charge in [-0.05, 0) is 43.7 Å². The van der Waals surface area contributed by atoms with Crippen molar-refractivity contribution >= 4 is 34.0 Å². The number of aromatic nitrogens is 4. The van der Waals surface area contributed by atoms with Gasteiger partial charge in [-0.2, -0.15) is 4.98 Å². The Morgan fingerprint density at radius 3 is 3.00 bits per heavy atom. The minimum atomic E-state index is -0.471.